The number of hydrogen-bond acceptors (Lipinski definition) is 7. The predicted molar refractivity (Wildman–Crippen MR) is 101 cm³/mol. The molecule has 144 valence electrons. The molecule has 4 atom stereocenters. The van der Waals surface area contributed by atoms with Crippen molar-refractivity contribution in [1.82, 2.24) is 19.7 Å². The summed E-state index contributed by atoms with van der Waals surface area (Å²) in [7, 11) is 0. The van der Waals surface area contributed by atoms with E-state index in [1.54, 1.807) is 17.1 Å². The molecule has 2 saturated carbocycles. The van der Waals surface area contributed by atoms with E-state index in [-0.39, 0.29) is 24.5 Å². The van der Waals surface area contributed by atoms with Crippen LogP contribution in [0.3, 0.4) is 0 Å². The molecule has 2 aliphatic rings. The van der Waals surface area contributed by atoms with Gasteiger partial charge in [0.2, 0.25) is 11.9 Å². The van der Waals surface area contributed by atoms with Crippen LogP contribution in [0, 0.1) is 17.8 Å². The van der Waals surface area contributed by atoms with Gasteiger partial charge in [0.15, 0.2) is 5.82 Å². The molecule has 10 heteroatoms. The van der Waals surface area contributed by atoms with Crippen LogP contribution in [0.25, 0.3) is 0 Å². The van der Waals surface area contributed by atoms with Gasteiger partial charge < -0.3 is 21.5 Å². The summed E-state index contributed by atoms with van der Waals surface area (Å²) >= 11 is 6.28. The molecular weight excluding hydrogens is 370 g/mol. The third-order valence-corrected chi connectivity index (χ3v) is 5.79. The van der Waals surface area contributed by atoms with Gasteiger partial charge in [0, 0.05) is 12.2 Å². The Morgan fingerprint density at radius 1 is 1.37 bits per heavy atom. The van der Waals surface area contributed by atoms with Crippen LogP contribution in [0.1, 0.15) is 19.3 Å². The molecule has 1 amide bonds. The smallest absolute Gasteiger partial charge is 0.229 e. The number of aliphatic hydroxyl groups excluding tert-OH is 1. The van der Waals surface area contributed by atoms with Gasteiger partial charge in [-0.15, -0.1) is 0 Å². The summed E-state index contributed by atoms with van der Waals surface area (Å²) in [6.45, 7) is 0.423. The fourth-order valence-corrected chi connectivity index (χ4v) is 4.52. The number of aliphatic hydroxyl groups is 1. The quantitative estimate of drug-likeness (QED) is 0.560. The zero-order chi connectivity index (χ0) is 19.0. The zero-order valence-electron chi connectivity index (χ0n) is 14.7. The Balaban J connectivity index is 1.51. The summed E-state index contributed by atoms with van der Waals surface area (Å²) < 4.78 is 1.62. The third kappa shape index (κ3) is 3.57. The lowest BCUT2D eigenvalue weighted by Gasteiger charge is -2.30. The highest BCUT2D eigenvalue weighted by atomic mass is 35.5. The minimum absolute atomic E-state index is 0.0111. The molecule has 5 N–H and O–H groups in total. The van der Waals surface area contributed by atoms with Crippen molar-refractivity contribution in [2.45, 2.75) is 31.8 Å². The van der Waals surface area contributed by atoms with Crippen molar-refractivity contribution in [3.8, 4) is 0 Å². The number of nitrogens with one attached hydrogen (secondary N) is 2. The average Bonchev–Trinajstić information content (AvgIpc) is 3.34. The highest BCUT2D eigenvalue weighted by molar-refractivity contribution is 6.32. The van der Waals surface area contributed by atoms with Crippen LogP contribution < -0.4 is 16.4 Å². The van der Waals surface area contributed by atoms with E-state index in [4.69, 9.17) is 22.4 Å². The van der Waals surface area contributed by atoms with E-state index >= 15 is 0 Å². The van der Waals surface area contributed by atoms with Gasteiger partial charge >= 0.3 is 0 Å². The van der Waals surface area contributed by atoms with Gasteiger partial charge in [-0.2, -0.15) is 10.1 Å². The molecule has 0 aromatic carbocycles. The maximum atomic E-state index is 11.9. The van der Waals surface area contributed by atoms with Crippen LogP contribution in [-0.4, -0.2) is 43.4 Å². The molecule has 4 rings (SSSR count). The molecule has 2 bridgehead atoms. The monoisotopic (exact) mass is 391 g/mol. The van der Waals surface area contributed by atoms with Crippen LogP contribution in [-0.2, 0) is 11.3 Å². The average molecular weight is 392 g/mol. The largest absolute Gasteiger partial charge is 0.394 e. The number of nitrogens with two attached hydrogens (primary N) is 1. The normalized spacial score (nSPS) is 26.3. The third-order valence-electron chi connectivity index (χ3n) is 5.51. The second-order valence-electron chi connectivity index (χ2n) is 7.16. The van der Waals surface area contributed by atoms with Gasteiger partial charge in [-0.1, -0.05) is 11.6 Å². The Labute approximate surface area is 161 Å². The van der Waals surface area contributed by atoms with E-state index in [2.05, 4.69) is 25.7 Å². The van der Waals surface area contributed by atoms with E-state index in [1.807, 2.05) is 0 Å². The molecular formula is C17H22ClN7O2. The second kappa shape index (κ2) is 7.32. The fourth-order valence-electron chi connectivity index (χ4n) is 4.38. The number of carbonyl (C=O) groups is 1. The van der Waals surface area contributed by atoms with Crippen LogP contribution in [0.5, 0.6) is 0 Å². The summed E-state index contributed by atoms with van der Waals surface area (Å²) in [5, 5.41) is 19.9. The molecule has 0 radical (unpaired) electrons. The number of primary amides is 1. The molecule has 2 aromatic rings. The number of aromatic nitrogens is 4. The first-order valence-electron chi connectivity index (χ1n) is 9.04. The van der Waals surface area contributed by atoms with Crippen LogP contribution in [0.15, 0.2) is 18.6 Å². The molecule has 2 aliphatic carbocycles. The lowest BCUT2D eigenvalue weighted by molar-refractivity contribution is -0.123. The molecule has 2 fully saturated rings. The Morgan fingerprint density at radius 2 is 2.19 bits per heavy atom. The van der Waals surface area contributed by atoms with Crippen molar-refractivity contribution in [1.29, 1.82) is 0 Å². The number of halogens is 1. The number of nitrogens with zero attached hydrogens (tertiary/aromatic N) is 4. The van der Waals surface area contributed by atoms with Crippen molar-refractivity contribution in [2.24, 2.45) is 23.5 Å². The number of hydrogen-bond donors (Lipinski definition) is 4. The van der Waals surface area contributed by atoms with Crippen molar-refractivity contribution in [2.75, 3.05) is 17.2 Å². The van der Waals surface area contributed by atoms with Gasteiger partial charge in [-0.3, -0.25) is 9.48 Å². The first kappa shape index (κ1) is 18.0. The Kier molecular flexibility index (Phi) is 4.88. The Morgan fingerprint density at radius 3 is 2.96 bits per heavy atom. The van der Waals surface area contributed by atoms with Crippen molar-refractivity contribution < 1.29 is 9.90 Å². The van der Waals surface area contributed by atoms with Crippen molar-refractivity contribution >= 4 is 35.0 Å². The molecule has 2 aromatic heterocycles. The Hall–Kier alpha value is -2.39. The standard InChI is InChI=1S/C17H22ClN7O2/c18-12-7-20-17(22-11-6-21-25(8-11)3-4-26)24-16(12)23-14-10-2-1-9(5-10)13(14)15(19)27/h6-10,13-14,26H,1-5H2,(H2,19,27)(H2,20,22,23,24)/t9-,10+,13+,14-/m1/s1. The number of amides is 1. The van der Waals surface area contributed by atoms with Crippen LogP contribution in [0.2, 0.25) is 5.02 Å². The highest BCUT2D eigenvalue weighted by Crippen LogP contribution is 2.49. The van der Waals surface area contributed by atoms with Crippen LogP contribution >= 0.6 is 11.6 Å². The van der Waals surface area contributed by atoms with Crippen molar-refractivity contribution in [3.05, 3.63) is 23.6 Å². The summed E-state index contributed by atoms with van der Waals surface area (Å²) in [5.74, 6) is 1.15. The molecule has 0 unspecified atom stereocenters. The highest BCUT2D eigenvalue weighted by Gasteiger charge is 2.50. The lowest BCUT2D eigenvalue weighted by atomic mass is 9.84. The lowest BCUT2D eigenvalue weighted by Crippen LogP contribution is -2.42. The van der Waals surface area contributed by atoms with Gasteiger partial charge in [0.1, 0.15) is 5.02 Å². The molecule has 27 heavy (non-hydrogen) atoms. The van der Waals surface area contributed by atoms with Crippen molar-refractivity contribution in [3.63, 3.8) is 0 Å². The van der Waals surface area contributed by atoms with E-state index in [0.29, 0.717) is 40.9 Å². The molecule has 2 heterocycles. The minimum Gasteiger partial charge on any atom is -0.394 e. The number of anilines is 3. The van der Waals surface area contributed by atoms with Gasteiger partial charge in [0.25, 0.3) is 0 Å². The van der Waals surface area contributed by atoms with E-state index in [0.717, 1.165) is 19.3 Å². The SMILES string of the molecule is NC(=O)[C@H]1[C@@H]2CC[C@@H](C2)[C@H]1Nc1nc(Nc2cnn(CCO)c2)ncc1Cl. The summed E-state index contributed by atoms with van der Waals surface area (Å²) in [6.07, 6.45) is 8.05. The van der Waals surface area contributed by atoms with Gasteiger partial charge in [0.05, 0.1) is 37.2 Å². The van der Waals surface area contributed by atoms with E-state index < -0.39 is 0 Å². The number of carbonyl (C=O) groups excluding carboxylic acids is 1. The predicted octanol–water partition coefficient (Wildman–Crippen LogP) is 1.37. The summed E-state index contributed by atoms with van der Waals surface area (Å²) in [6, 6.07) is -0.0474. The summed E-state index contributed by atoms with van der Waals surface area (Å²) in [5.41, 5.74) is 6.34. The Bertz CT molecular complexity index is 842. The van der Waals surface area contributed by atoms with Gasteiger partial charge in [-0.25, -0.2) is 4.98 Å². The first-order valence-corrected chi connectivity index (χ1v) is 9.41. The molecule has 0 saturated heterocycles. The first-order chi connectivity index (χ1) is 13.0. The maximum Gasteiger partial charge on any atom is 0.229 e. The second-order valence-corrected chi connectivity index (χ2v) is 7.57. The molecule has 0 spiro atoms. The minimum atomic E-state index is -0.264. The van der Waals surface area contributed by atoms with Crippen LogP contribution in [0.4, 0.5) is 17.5 Å². The fraction of sp³-hybridized carbons (Fsp3) is 0.529. The topological polar surface area (TPSA) is 131 Å². The summed E-state index contributed by atoms with van der Waals surface area (Å²) in [4.78, 5) is 20.6. The maximum absolute atomic E-state index is 11.9. The molecule has 0 aliphatic heterocycles. The molecule has 9 nitrogen and oxygen atoms in total. The number of fused-ring (bicyclic) bond motifs is 2. The number of rotatable bonds is 7. The zero-order valence-corrected chi connectivity index (χ0v) is 15.4. The van der Waals surface area contributed by atoms with Gasteiger partial charge in [-0.05, 0) is 31.1 Å². The van der Waals surface area contributed by atoms with E-state index in [9.17, 15) is 4.79 Å². The van der Waals surface area contributed by atoms with E-state index in [1.165, 1.54) is 6.20 Å².